The third-order valence-electron chi connectivity index (χ3n) is 4.09. The summed E-state index contributed by atoms with van der Waals surface area (Å²) in [5.74, 6) is 0.0000847. The van der Waals surface area contributed by atoms with Crippen LogP contribution < -0.4 is 5.73 Å². The predicted molar refractivity (Wildman–Crippen MR) is 97.4 cm³/mol. The number of benzene rings is 1. The van der Waals surface area contributed by atoms with Gasteiger partial charge in [-0.1, -0.05) is 30.3 Å². The number of amides is 1. The van der Waals surface area contributed by atoms with Gasteiger partial charge in [-0.25, -0.2) is 0 Å². The molecule has 0 aliphatic carbocycles. The zero-order chi connectivity index (χ0) is 15.3. The molecule has 1 fully saturated rings. The van der Waals surface area contributed by atoms with E-state index in [2.05, 4.69) is 4.90 Å². The van der Waals surface area contributed by atoms with E-state index in [0.717, 1.165) is 44.9 Å². The van der Waals surface area contributed by atoms with Crippen molar-refractivity contribution in [2.24, 2.45) is 5.73 Å². The molecule has 1 aliphatic rings. The number of rotatable bonds is 5. The lowest BCUT2D eigenvalue weighted by Crippen LogP contribution is -2.57. The molecule has 1 heterocycles. The Hall–Kier alpha value is -0.850. The zero-order valence-electron chi connectivity index (χ0n) is 13.7. The fourth-order valence-electron chi connectivity index (χ4n) is 2.63. The Kier molecular flexibility index (Phi) is 9.73. The molecule has 132 valence electrons. The SMILES string of the molecule is COCCN1CCN(C(=O)C(C)(N)c2ccccc2)CC1.Cl.Cl. The van der Waals surface area contributed by atoms with Gasteiger partial charge in [0.25, 0.3) is 0 Å². The second-order valence-corrected chi connectivity index (χ2v) is 5.70. The van der Waals surface area contributed by atoms with Gasteiger partial charge < -0.3 is 15.4 Å². The van der Waals surface area contributed by atoms with Gasteiger partial charge in [-0.3, -0.25) is 9.69 Å². The van der Waals surface area contributed by atoms with E-state index < -0.39 is 5.54 Å². The first-order valence-electron chi connectivity index (χ1n) is 7.41. The molecule has 0 radical (unpaired) electrons. The summed E-state index contributed by atoms with van der Waals surface area (Å²) in [6.07, 6.45) is 0. The molecule has 0 bridgehead atoms. The fraction of sp³-hybridized carbons (Fsp3) is 0.562. The van der Waals surface area contributed by atoms with Crippen LogP contribution >= 0.6 is 24.8 Å². The minimum atomic E-state index is -0.962. The molecule has 1 atom stereocenters. The number of nitrogens with zero attached hydrogens (tertiary/aromatic N) is 2. The second kappa shape index (κ2) is 10.1. The van der Waals surface area contributed by atoms with Crippen molar-refractivity contribution in [1.29, 1.82) is 0 Å². The van der Waals surface area contributed by atoms with Gasteiger partial charge in [0.1, 0.15) is 5.54 Å². The Morgan fingerprint density at radius 3 is 2.26 bits per heavy atom. The quantitative estimate of drug-likeness (QED) is 0.860. The van der Waals surface area contributed by atoms with Crippen LogP contribution in [0.15, 0.2) is 30.3 Å². The number of nitrogens with two attached hydrogens (primary N) is 1. The standard InChI is InChI=1S/C16H25N3O2.2ClH/c1-16(17,14-6-4-3-5-7-14)15(20)19-10-8-18(9-11-19)12-13-21-2;;/h3-7H,8-13,17H2,1-2H3;2*1H. The number of carbonyl (C=O) groups excluding carboxylic acids is 1. The van der Waals surface area contributed by atoms with Crippen LogP contribution in [0.4, 0.5) is 0 Å². The Bertz CT molecular complexity index is 464. The molecular formula is C16H27Cl2N3O2. The predicted octanol–water partition coefficient (Wildman–Crippen LogP) is 1.49. The van der Waals surface area contributed by atoms with E-state index in [1.807, 2.05) is 35.2 Å². The van der Waals surface area contributed by atoms with Crippen LogP contribution in [0.25, 0.3) is 0 Å². The monoisotopic (exact) mass is 363 g/mol. The molecule has 1 amide bonds. The fourth-order valence-corrected chi connectivity index (χ4v) is 2.63. The minimum absolute atomic E-state index is 0. The van der Waals surface area contributed by atoms with Crippen LogP contribution in [0.3, 0.4) is 0 Å². The number of hydrogen-bond acceptors (Lipinski definition) is 4. The van der Waals surface area contributed by atoms with Crippen molar-refractivity contribution in [3.05, 3.63) is 35.9 Å². The molecule has 1 saturated heterocycles. The maximum absolute atomic E-state index is 12.7. The molecule has 2 rings (SSSR count). The first kappa shape index (κ1) is 22.1. The van der Waals surface area contributed by atoms with Crippen molar-refractivity contribution >= 4 is 30.7 Å². The molecule has 0 spiro atoms. The smallest absolute Gasteiger partial charge is 0.247 e. The van der Waals surface area contributed by atoms with Crippen LogP contribution in [0, 0.1) is 0 Å². The molecule has 1 aromatic carbocycles. The average molecular weight is 364 g/mol. The van der Waals surface area contributed by atoms with Gasteiger partial charge in [0, 0.05) is 39.8 Å². The number of hydrogen-bond donors (Lipinski definition) is 1. The summed E-state index contributed by atoms with van der Waals surface area (Å²) < 4.78 is 5.09. The van der Waals surface area contributed by atoms with Crippen LogP contribution in [-0.2, 0) is 15.1 Å². The largest absolute Gasteiger partial charge is 0.383 e. The molecule has 23 heavy (non-hydrogen) atoms. The van der Waals surface area contributed by atoms with Crippen LogP contribution in [0.2, 0.25) is 0 Å². The van der Waals surface area contributed by atoms with E-state index in [-0.39, 0.29) is 30.7 Å². The highest BCUT2D eigenvalue weighted by atomic mass is 35.5. The lowest BCUT2D eigenvalue weighted by molar-refractivity contribution is -0.138. The van der Waals surface area contributed by atoms with Crippen molar-refractivity contribution in [3.63, 3.8) is 0 Å². The molecular weight excluding hydrogens is 337 g/mol. The van der Waals surface area contributed by atoms with Gasteiger partial charge in [-0.2, -0.15) is 0 Å². The van der Waals surface area contributed by atoms with Gasteiger partial charge in [0.2, 0.25) is 5.91 Å². The van der Waals surface area contributed by atoms with Crippen molar-refractivity contribution in [3.8, 4) is 0 Å². The lowest BCUT2D eigenvalue weighted by Gasteiger charge is -2.38. The molecule has 1 aromatic rings. The first-order chi connectivity index (χ1) is 10.1. The molecule has 5 nitrogen and oxygen atoms in total. The first-order valence-corrected chi connectivity index (χ1v) is 7.41. The topological polar surface area (TPSA) is 58.8 Å². The number of carbonyl (C=O) groups is 1. The van der Waals surface area contributed by atoms with Crippen molar-refractivity contribution in [2.45, 2.75) is 12.5 Å². The molecule has 0 saturated carbocycles. The summed E-state index contributed by atoms with van der Waals surface area (Å²) in [7, 11) is 1.71. The van der Waals surface area contributed by atoms with E-state index in [1.165, 1.54) is 0 Å². The van der Waals surface area contributed by atoms with Gasteiger partial charge in [-0.05, 0) is 12.5 Å². The highest BCUT2D eigenvalue weighted by Gasteiger charge is 2.35. The van der Waals surface area contributed by atoms with E-state index in [9.17, 15) is 4.79 Å². The number of ether oxygens (including phenoxy) is 1. The number of methoxy groups -OCH3 is 1. The Balaban J connectivity index is 0.00000242. The highest BCUT2D eigenvalue weighted by molar-refractivity contribution is 5.87. The van der Waals surface area contributed by atoms with Gasteiger partial charge in [0.05, 0.1) is 6.61 Å². The van der Waals surface area contributed by atoms with Crippen molar-refractivity contribution in [1.82, 2.24) is 9.80 Å². The maximum Gasteiger partial charge on any atom is 0.247 e. The van der Waals surface area contributed by atoms with E-state index in [1.54, 1.807) is 14.0 Å². The molecule has 1 unspecified atom stereocenters. The molecule has 1 aliphatic heterocycles. The number of halogens is 2. The third kappa shape index (κ3) is 5.62. The Morgan fingerprint density at radius 1 is 1.17 bits per heavy atom. The molecule has 7 heteroatoms. The van der Waals surface area contributed by atoms with Crippen molar-refractivity contribution in [2.75, 3.05) is 46.4 Å². The zero-order valence-corrected chi connectivity index (χ0v) is 15.4. The van der Waals surface area contributed by atoms with E-state index in [4.69, 9.17) is 10.5 Å². The van der Waals surface area contributed by atoms with E-state index >= 15 is 0 Å². The molecule has 2 N–H and O–H groups in total. The van der Waals surface area contributed by atoms with Crippen LogP contribution in [0.5, 0.6) is 0 Å². The van der Waals surface area contributed by atoms with Crippen molar-refractivity contribution < 1.29 is 9.53 Å². The normalized spacial score (nSPS) is 17.6. The highest BCUT2D eigenvalue weighted by Crippen LogP contribution is 2.21. The minimum Gasteiger partial charge on any atom is -0.383 e. The van der Waals surface area contributed by atoms with Gasteiger partial charge in [0.15, 0.2) is 0 Å². The number of piperazine rings is 1. The van der Waals surface area contributed by atoms with Gasteiger partial charge in [-0.15, -0.1) is 24.8 Å². The average Bonchev–Trinajstić information content (AvgIpc) is 2.53. The summed E-state index contributed by atoms with van der Waals surface area (Å²) in [4.78, 5) is 16.9. The van der Waals surface area contributed by atoms with E-state index in [0.29, 0.717) is 0 Å². The Morgan fingerprint density at radius 2 is 1.74 bits per heavy atom. The van der Waals surface area contributed by atoms with Gasteiger partial charge >= 0.3 is 0 Å². The lowest BCUT2D eigenvalue weighted by atomic mass is 9.91. The maximum atomic E-state index is 12.7. The summed E-state index contributed by atoms with van der Waals surface area (Å²) >= 11 is 0. The summed E-state index contributed by atoms with van der Waals surface area (Å²) in [5.41, 5.74) is 6.20. The third-order valence-corrected chi connectivity index (χ3v) is 4.09. The molecule has 0 aromatic heterocycles. The van der Waals surface area contributed by atoms with Crippen LogP contribution in [-0.4, -0.2) is 62.1 Å². The summed E-state index contributed by atoms with van der Waals surface area (Å²) in [6, 6.07) is 9.57. The Labute approximate surface area is 151 Å². The second-order valence-electron chi connectivity index (χ2n) is 5.70. The summed E-state index contributed by atoms with van der Waals surface area (Å²) in [6.45, 7) is 6.63. The van der Waals surface area contributed by atoms with Crippen LogP contribution in [0.1, 0.15) is 12.5 Å². The summed E-state index contributed by atoms with van der Waals surface area (Å²) in [5, 5.41) is 0.